The topological polar surface area (TPSA) is 46.2 Å². The molecule has 88 valence electrons. The Morgan fingerprint density at radius 1 is 1.19 bits per heavy atom. The average Bonchev–Trinajstić information content (AvgIpc) is 2.14. The highest BCUT2D eigenvalue weighted by atomic mass is 32.2. The number of nitrogens with one attached hydrogen (secondary N) is 1. The van der Waals surface area contributed by atoms with Crippen LogP contribution in [-0.4, -0.2) is 26.8 Å². The van der Waals surface area contributed by atoms with Crippen LogP contribution in [0, 0.1) is 0 Å². The fraction of sp³-hybridized carbons (Fsp3) is 0.500. The van der Waals surface area contributed by atoms with Gasteiger partial charge in [0.05, 0.1) is 10.1 Å². The lowest BCUT2D eigenvalue weighted by molar-refractivity contribution is 0.495. The number of benzene rings is 1. The lowest BCUT2D eigenvalue weighted by Crippen LogP contribution is -2.51. The molecule has 0 radical (unpaired) electrons. The van der Waals surface area contributed by atoms with Crippen molar-refractivity contribution in [3.63, 3.8) is 0 Å². The molecule has 1 saturated heterocycles. The Morgan fingerprint density at radius 3 is 2.12 bits per heavy atom. The van der Waals surface area contributed by atoms with Crippen LogP contribution < -0.4 is 5.32 Å². The second-order valence-electron chi connectivity index (χ2n) is 4.55. The first-order chi connectivity index (χ1) is 7.51. The summed E-state index contributed by atoms with van der Waals surface area (Å²) < 4.78 is 24.1. The highest BCUT2D eigenvalue weighted by Crippen LogP contribution is 2.21. The van der Waals surface area contributed by atoms with E-state index in [-0.39, 0.29) is 5.25 Å². The van der Waals surface area contributed by atoms with Gasteiger partial charge in [0.25, 0.3) is 0 Å². The predicted molar refractivity (Wildman–Crippen MR) is 64.4 cm³/mol. The van der Waals surface area contributed by atoms with Crippen molar-refractivity contribution in [2.24, 2.45) is 0 Å². The third-order valence-electron chi connectivity index (χ3n) is 3.06. The first-order valence-corrected chi connectivity index (χ1v) is 7.11. The van der Waals surface area contributed by atoms with Gasteiger partial charge in [-0.15, -0.1) is 0 Å². The quantitative estimate of drug-likeness (QED) is 0.870. The van der Waals surface area contributed by atoms with Crippen LogP contribution in [-0.2, 0) is 9.84 Å². The van der Waals surface area contributed by atoms with Crippen molar-refractivity contribution in [3.05, 3.63) is 29.8 Å². The summed E-state index contributed by atoms with van der Waals surface area (Å²) in [7, 11) is -3.11. The molecule has 3 nitrogen and oxygen atoms in total. The molecule has 1 aliphatic rings. The number of hydrogen-bond donors (Lipinski definition) is 1. The van der Waals surface area contributed by atoms with E-state index in [1.165, 1.54) is 5.56 Å². The summed E-state index contributed by atoms with van der Waals surface area (Å²) in [5.74, 6) is 0.433. The molecule has 1 N–H and O–H groups in total. The zero-order valence-electron chi connectivity index (χ0n) is 9.60. The van der Waals surface area contributed by atoms with Crippen LogP contribution in [0.5, 0.6) is 0 Å². The highest BCUT2D eigenvalue weighted by molar-refractivity contribution is 7.92. The normalized spacial score (nSPS) is 17.4. The van der Waals surface area contributed by atoms with Crippen LogP contribution in [0.15, 0.2) is 29.2 Å². The van der Waals surface area contributed by atoms with E-state index in [0.29, 0.717) is 23.9 Å². The van der Waals surface area contributed by atoms with Crippen LogP contribution in [0.25, 0.3) is 0 Å². The predicted octanol–water partition coefficient (Wildman–Crippen LogP) is 1.56. The summed E-state index contributed by atoms with van der Waals surface area (Å²) in [5, 5.41) is 2.75. The van der Waals surface area contributed by atoms with Crippen molar-refractivity contribution in [2.75, 3.05) is 13.1 Å². The summed E-state index contributed by atoms with van der Waals surface area (Å²) in [6.45, 7) is 5.35. The summed E-state index contributed by atoms with van der Waals surface area (Å²) in [6, 6.07) is 7.26. The molecule has 0 spiro atoms. The van der Waals surface area contributed by atoms with E-state index in [4.69, 9.17) is 0 Å². The molecule has 0 aromatic heterocycles. The molecular weight excluding hydrogens is 222 g/mol. The Kier molecular flexibility index (Phi) is 3.04. The third-order valence-corrected chi connectivity index (χ3v) is 5.20. The first kappa shape index (κ1) is 11.6. The van der Waals surface area contributed by atoms with Gasteiger partial charge in [-0.25, -0.2) is 8.42 Å². The maximum atomic E-state index is 12.1. The largest absolute Gasteiger partial charge is 0.314 e. The fourth-order valence-corrected chi connectivity index (χ4v) is 3.29. The standard InChI is InChI=1S/C12H17NO2S/c1-9(2)10-3-5-11(6-4-10)16(14,15)12-7-13-8-12/h3-6,9,12-13H,7-8H2,1-2H3. The minimum absolute atomic E-state index is 0.239. The second-order valence-corrected chi connectivity index (χ2v) is 6.78. The maximum absolute atomic E-state index is 12.1. The van der Waals surface area contributed by atoms with E-state index < -0.39 is 9.84 Å². The average molecular weight is 239 g/mol. The van der Waals surface area contributed by atoms with Gasteiger partial charge in [-0.3, -0.25) is 0 Å². The molecule has 0 aliphatic carbocycles. The van der Waals surface area contributed by atoms with Crippen molar-refractivity contribution in [3.8, 4) is 0 Å². The molecule has 1 aliphatic heterocycles. The van der Waals surface area contributed by atoms with E-state index in [9.17, 15) is 8.42 Å². The fourth-order valence-electron chi connectivity index (χ4n) is 1.72. The van der Waals surface area contributed by atoms with Gasteiger partial charge in [-0.1, -0.05) is 26.0 Å². The Balaban J connectivity index is 2.27. The second kappa shape index (κ2) is 4.18. The number of hydrogen-bond acceptors (Lipinski definition) is 3. The molecule has 1 heterocycles. The van der Waals surface area contributed by atoms with Crippen LogP contribution in [0.2, 0.25) is 0 Å². The Labute approximate surface area is 96.8 Å². The number of rotatable bonds is 3. The lowest BCUT2D eigenvalue weighted by Gasteiger charge is -2.26. The van der Waals surface area contributed by atoms with Gasteiger partial charge in [-0.2, -0.15) is 0 Å². The monoisotopic (exact) mass is 239 g/mol. The molecule has 4 heteroatoms. The van der Waals surface area contributed by atoms with Crippen molar-refractivity contribution in [2.45, 2.75) is 29.9 Å². The van der Waals surface area contributed by atoms with Crippen LogP contribution in [0.1, 0.15) is 25.3 Å². The van der Waals surface area contributed by atoms with E-state index in [0.717, 1.165) is 0 Å². The molecule has 0 amide bonds. The molecule has 0 atom stereocenters. The van der Waals surface area contributed by atoms with Gasteiger partial charge in [0.2, 0.25) is 0 Å². The van der Waals surface area contributed by atoms with Crippen molar-refractivity contribution < 1.29 is 8.42 Å². The summed E-state index contributed by atoms with van der Waals surface area (Å²) >= 11 is 0. The van der Waals surface area contributed by atoms with Gasteiger partial charge in [-0.05, 0) is 23.6 Å². The highest BCUT2D eigenvalue weighted by Gasteiger charge is 2.32. The van der Waals surface area contributed by atoms with Crippen molar-refractivity contribution in [1.82, 2.24) is 5.32 Å². The first-order valence-electron chi connectivity index (χ1n) is 5.56. The molecule has 1 aromatic carbocycles. The van der Waals surface area contributed by atoms with Gasteiger partial charge >= 0.3 is 0 Å². The van der Waals surface area contributed by atoms with Crippen LogP contribution >= 0.6 is 0 Å². The Bertz CT molecular complexity index is 458. The summed E-state index contributed by atoms with van der Waals surface area (Å²) in [4.78, 5) is 0.448. The van der Waals surface area contributed by atoms with Crippen LogP contribution in [0.4, 0.5) is 0 Å². The molecule has 0 saturated carbocycles. The van der Waals surface area contributed by atoms with E-state index in [1.807, 2.05) is 12.1 Å². The Hall–Kier alpha value is -0.870. The maximum Gasteiger partial charge on any atom is 0.183 e. The smallest absolute Gasteiger partial charge is 0.183 e. The van der Waals surface area contributed by atoms with Gasteiger partial charge < -0.3 is 5.32 Å². The molecule has 0 unspecified atom stereocenters. The number of sulfone groups is 1. The molecular formula is C12H17NO2S. The zero-order chi connectivity index (χ0) is 11.8. The summed E-state index contributed by atoms with van der Waals surface area (Å²) in [6.07, 6.45) is 0. The Morgan fingerprint density at radius 2 is 1.75 bits per heavy atom. The summed E-state index contributed by atoms with van der Waals surface area (Å²) in [5.41, 5.74) is 1.17. The van der Waals surface area contributed by atoms with Gasteiger partial charge in [0, 0.05) is 13.1 Å². The van der Waals surface area contributed by atoms with Crippen molar-refractivity contribution in [1.29, 1.82) is 0 Å². The molecule has 16 heavy (non-hydrogen) atoms. The third kappa shape index (κ3) is 1.99. The molecule has 1 fully saturated rings. The molecule has 1 aromatic rings. The minimum atomic E-state index is -3.11. The lowest BCUT2D eigenvalue weighted by atomic mass is 10.0. The van der Waals surface area contributed by atoms with E-state index in [2.05, 4.69) is 19.2 Å². The minimum Gasteiger partial charge on any atom is -0.314 e. The van der Waals surface area contributed by atoms with Crippen molar-refractivity contribution >= 4 is 9.84 Å². The van der Waals surface area contributed by atoms with E-state index in [1.54, 1.807) is 12.1 Å². The van der Waals surface area contributed by atoms with Gasteiger partial charge in [0.15, 0.2) is 9.84 Å². The van der Waals surface area contributed by atoms with Gasteiger partial charge in [0.1, 0.15) is 0 Å². The molecule has 2 rings (SSSR count). The van der Waals surface area contributed by atoms with Crippen LogP contribution in [0.3, 0.4) is 0 Å². The molecule has 0 bridgehead atoms. The van der Waals surface area contributed by atoms with E-state index >= 15 is 0 Å². The zero-order valence-corrected chi connectivity index (χ0v) is 10.4. The SMILES string of the molecule is CC(C)c1ccc(S(=O)(=O)C2CNC2)cc1.